The number of halogens is 2. The summed E-state index contributed by atoms with van der Waals surface area (Å²) < 4.78 is 15.4. The lowest BCUT2D eigenvalue weighted by Gasteiger charge is -2.07. The number of nitrogens with zero attached hydrogens (tertiary/aromatic N) is 5. The van der Waals surface area contributed by atoms with E-state index in [-0.39, 0.29) is 11.4 Å². The van der Waals surface area contributed by atoms with Crippen LogP contribution in [0.4, 0.5) is 10.1 Å². The maximum absolute atomic E-state index is 14.1. The number of aromatic nitrogens is 5. The Bertz CT molecular complexity index is 1100. The minimum Gasteiger partial charge on any atom is -0.318 e. The lowest BCUT2D eigenvalue weighted by molar-refractivity contribution is 0.102. The van der Waals surface area contributed by atoms with Gasteiger partial charge in [0, 0.05) is 16.0 Å². The third-order valence-corrected chi connectivity index (χ3v) is 4.78. The summed E-state index contributed by atoms with van der Waals surface area (Å²) in [4.78, 5) is 16.8. The molecule has 0 aliphatic rings. The molecule has 1 amide bonds. The highest BCUT2D eigenvalue weighted by molar-refractivity contribution is 7.13. The second-order valence-electron chi connectivity index (χ2n) is 5.42. The molecule has 0 radical (unpaired) electrons. The van der Waals surface area contributed by atoms with Crippen LogP contribution in [0.25, 0.3) is 16.3 Å². The Morgan fingerprint density at radius 3 is 2.74 bits per heavy atom. The average molecular weight is 401 g/mol. The van der Waals surface area contributed by atoms with Gasteiger partial charge in [0.1, 0.15) is 22.8 Å². The monoisotopic (exact) mass is 400 g/mol. The Morgan fingerprint density at radius 2 is 2.00 bits per heavy atom. The van der Waals surface area contributed by atoms with Gasteiger partial charge in [-0.2, -0.15) is 0 Å². The van der Waals surface area contributed by atoms with Crippen molar-refractivity contribution < 1.29 is 9.18 Å². The molecule has 0 fully saturated rings. The van der Waals surface area contributed by atoms with Crippen molar-refractivity contribution in [1.29, 1.82) is 0 Å². The Labute approximate surface area is 161 Å². The van der Waals surface area contributed by atoms with Crippen molar-refractivity contribution in [2.24, 2.45) is 0 Å². The summed E-state index contributed by atoms with van der Waals surface area (Å²) in [6.45, 7) is 0. The maximum Gasteiger partial charge on any atom is 0.275 e. The number of amides is 1. The minimum atomic E-state index is -0.576. The van der Waals surface area contributed by atoms with E-state index in [0.717, 1.165) is 5.56 Å². The topological polar surface area (TPSA) is 85.6 Å². The average Bonchev–Trinajstić information content (AvgIpc) is 3.36. The van der Waals surface area contributed by atoms with E-state index in [1.807, 2.05) is 12.1 Å². The van der Waals surface area contributed by atoms with Gasteiger partial charge in [0.15, 0.2) is 0 Å². The zero-order valence-electron chi connectivity index (χ0n) is 13.5. The lowest BCUT2D eigenvalue weighted by atomic mass is 10.2. The third-order valence-electron chi connectivity index (χ3n) is 3.64. The van der Waals surface area contributed by atoms with Gasteiger partial charge in [0.05, 0.1) is 11.4 Å². The highest BCUT2D eigenvalue weighted by Crippen LogP contribution is 2.26. The number of tetrazole rings is 1. The fourth-order valence-corrected chi connectivity index (χ4v) is 3.25. The first kappa shape index (κ1) is 17.3. The molecule has 134 valence electrons. The molecule has 27 heavy (non-hydrogen) atoms. The van der Waals surface area contributed by atoms with Crippen LogP contribution < -0.4 is 5.32 Å². The molecule has 0 saturated carbocycles. The standard InChI is InChI=1S/C17H10ClFN6OS/c18-11-3-1-10(2-4-11)17-22-15(8-27-17)16(26)21-14-7-12(5-6-13(14)19)25-9-20-23-24-25/h1-9H,(H,21,26). The number of hydrogen-bond acceptors (Lipinski definition) is 6. The first-order valence-corrected chi connectivity index (χ1v) is 8.91. The fourth-order valence-electron chi connectivity index (χ4n) is 2.32. The van der Waals surface area contributed by atoms with Crippen LogP contribution in [0, 0.1) is 5.82 Å². The first-order valence-electron chi connectivity index (χ1n) is 7.66. The fraction of sp³-hybridized carbons (Fsp3) is 0. The highest BCUT2D eigenvalue weighted by atomic mass is 35.5. The first-order chi connectivity index (χ1) is 13.1. The highest BCUT2D eigenvalue weighted by Gasteiger charge is 2.15. The van der Waals surface area contributed by atoms with E-state index in [4.69, 9.17) is 11.6 Å². The second-order valence-corrected chi connectivity index (χ2v) is 6.71. The molecule has 0 saturated heterocycles. The number of thiazole rings is 1. The Hall–Kier alpha value is -3.17. The molecule has 0 spiro atoms. The van der Waals surface area contributed by atoms with Gasteiger partial charge in [-0.1, -0.05) is 23.7 Å². The van der Waals surface area contributed by atoms with Crippen LogP contribution in [0.15, 0.2) is 54.2 Å². The predicted molar refractivity (Wildman–Crippen MR) is 99.6 cm³/mol. The van der Waals surface area contributed by atoms with Crippen molar-refractivity contribution in [3.63, 3.8) is 0 Å². The summed E-state index contributed by atoms with van der Waals surface area (Å²) in [6.07, 6.45) is 1.37. The van der Waals surface area contributed by atoms with Crippen molar-refractivity contribution in [2.75, 3.05) is 5.32 Å². The van der Waals surface area contributed by atoms with E-state index in [9.17, 15) is 9.18 Å². The molecular formula is C17H10ClFN6OS. The van der Waals surface area contributed by atoms with E-state index in [1.165, 1.54) is 40.5 Å². The zero-order valence-corrected chi connectivity index (χ0v) is 15.1. The molecule has 4 aromatic rings. The van der Waals surface area contributed by atoms with Crippen LogP contribution >= 0.6 is 22.9 Å². The number of carbonyl (C=O) groups excluding carboxylic acids is 1. The van der Waals surface area contributed by atoms with Gasteiger partial charge in [-0.05, 0) is 40.8 Å². The van der Waals surface area contributed by atoms with Gasteiger partial charge in [-0.3, -0.25) is 4.79 Å². The molecule has 0 unspecified atom stereocenters. The molecule has 0 bridgehead atoms. The molecular weight excluding hydrogens is 391 g/mol. The van der Waals surface area contributed by atoms with Crippen molar-refractivity contribution in [2.45, 2.75) is 0 Å². The second kappa shape index (κ2) is 7.22. The van der Waals surface area contributed by atoms with Crippen LogP contribution in [-0.4, -0.2) is 31.1 Å². The van der Waals surface area contributed by atoms with E-state index < -0.39 is 11.7 Å². The molecule has 7 nitrogen and oxygen atoms in total. The molecule has 0 atom stereocenters. The van der Waals surface area contributed by atoms with Crippen LogP contribution in [0.3, 0.4) is 0 Å². The SMILES string of the molecule is O=C(Nc1cc(-n2cnnn2)ccc1F)c1csc(-c2ccc(Cl)cc2)n1. The van der Waals surface area contributed by atoms with Gasteiger partial charge in [-0.25, -0.2) is 14.1 Å². The third kappa shape index (κ3) is 3.69. The molecule has 0 aliphatic heterocycles. The molecule has 1 N–H and O–H groups in total. The number of carbonyl (C=O) groups is 1. The number of nitrogens with one attached hydrogen (secondary N) is 1. The van der Waals surface area contributed by atoms with Crippen LogP contribution in [0.5, 0.6) is 0 Å². The summed E-state index contributed by atoms with van der Waals surface area (Å²) in [7, 11) is 0. The summed E-state index contributed by atoms with van der Waals surface area (Å²) in [6, 6.07) is 11.3. The molecule has 4 rings (SSSR count). The summed E-state index contributed by atoms with van der Waals surface area (Å²) in [5.41, 5.74) is 1.55. The van der Waals surface area contributed by atoms with Gasteiger partial charge in [0.25, 0.3) is 5.91 Å². The van der Waals surface area contributed by atoms with Gasteiger partial charge >= 0.3 is 0 Å². The minimum absolute atomic E-state index is 0.00837. The Morgan fingerprint density at radius 1 is 1.19 bits per heavy atom. The molecule has 2 aromatic heterocycles. The lowest BCUT2D eigenvalue weighted by Crippen LogP contribution is -2.14. The van der Waals surface area contributed by atoms with Crippen LogP contribution in [0.1, 0.15) is 10.5 Å². The summed E-state index contributed by atoms with van der Waals surface area (Å²) in [5, 5.41) is 16.2. The van der Waals surface area contributed by atoms with E-state index in [1.54, 1.807) is 17.5 Å². The zero-order chi connectivity index (χ0) is 18.8. The van der Waals surface area contributed by atoms with Gasteiger partial charge < -0.3 is 5.32 Å². The van der Waals surface area contributed by atoms with E-state index in [0.29, 0.717) is 15.7 Å². The molecule has 10 heteroatoms. The van der Waals surface area contributed by atoms with Crippen LogP contribution in [0.2, 0.25) is 5.02 Å². The number of hydrogen-bond donors (Lipinski definition) is 1. The molecule has 2 aromatic carbocycles. The quantitative estimate of drug-likeness (QED) is 0.562. The van der Waals surface area contributed by atoms with Gasteiger partial charge in [0.2, 0.25) is 0 Å². The smallest absolute Gasteiger partial charge is 0.275 e. The Kier molecular flexibility index (Phi) is 4.61. The van der Waals surface area contributed by atoms with Crippen molar-refractivity contribution in [3.8, 4) is 16.3 Å². The predicted octanol–water partition coefficient (Wildman–Crippen LogP) is 3.83. The normalized spacial score (nSPS) is 10.7. The van der Waals surface area contributed by atoms with E-state index in [2.05, 4.69) is 25.8 Å². The molecule has 0 aliphatic carbocycles. The maximum atomic E-state index is 14.1. The van der Waals surface area contributed by atoms with Crippen LogP contribution in [-0.2, 0) is 0 Å². The summed E-state index contributed by atoms with van der Waals surface area (Å²) >= 11 is 7.19. The number of anilines is 1. The largest absolute Gasteiger partial charge is 0.318 e. The van der Waals surface area contributed by atoms with Crippen molar-refractivity contribution in [1.82, 2.24) is 25.2 Å². The number of rotatable bonds is 4. The summed E-state index contributed by atoms with van der Waals surface area (Å²) in [5.74, 6) is -1.09. The molecule has 2 heterocycles. The van der Waals surface area contributed by atoms with Crippen molar-refractivity contribution in [3.05, 3.63) is 70.7 Å². The van der Waals surface area contributed by atoms with E-state index >= 15 is 0 Å². The van der Waals surface area contributed by atoms with Crippen molar-refractivity contribution >= 4 is 34.5 Å². The number of benzene rings is 2. The Balaban J connectivity index is 1.56. The van der Waals surface area contributed by atoms with Gasteiger partial charge in [-0.15, -0.1) is 16.4 Å².